The molecule has 1 aromatic heterocycles. The summed E-state index contributed by atoms with van der Waals surface area (Å²) in [5.74, 6) is 0.373. The minimum Gasteiger partial charge on any atom is -0.450 e. The third-order valence-corrected chi connectivity index (χ3v) is 4.05. The van der Waals surface area contributed by atoms with Gasteiger partial charge in [-0.1, -0.05) is 12.1 Å². The largest absolute Gasteiger partial charge is 0.450 e. The number of anilines is 3. The molecule has 1 aliphatic rings. The Bertz CT molecular complexity index is 752. The van der Waals surface area contributed by atoms with E-state index in [0.29, 0.717) is 25.5 Å². The van der Waals surface area contributed by atoms with Crippen LogP contribution in [-0.4, -0.2) is 51.9 Å². The predicted octanol–water partition coefficient (Wildman–Crippen LogP) is 2.79. The van der Waals surface area contributed by atoms with Crippen molar-refractivity contribution in [3.05, 3.63) is 36.3 Å². The number of halogens is 1. The average Bonchev–Trinajstić information content (AvgIpc) is 2.65. The van der Waals surface area contributed by atoms with Crippen LogP contribution >= 0.6 is 0 Å². The van der Waals surface area contributed by atoms with Crippen LogP contribution in [0.25, 0.3) is 0 Å². The van der Waals surface area contributed by atoms with E-state index in [1.807, 2.05) is 0 Å². The number of likely N-dealkylation sites (tertiary alicyclic amines) is 1. The zero-order valence-corrected chi connectivity index (χ0v) is 14.5. The minimum absolute atomic E-state index is 0.165. The number of para-hydroxylation sites is 1. The molecular weight excluding hydrogens is 339 g/mol. The van der Waals surface area contributed by atoms with Gasteiger partial charge < -0.3 is 20.3 Å². The molecule has 0 spiro atoms. The molecule has 1 fully saturated rings. The van der Waals surface area contributed by atoms with Gasteiger partial charge in [-0.2, -0.15) is 10.1 Å². The standard InChI is InChI=1S/C17H21FN6O2/c1-2-26-17(25)24-9-7-12(8-10-24)20-15-11-19-23-16(22-15)21-14-6-4-3-5-13(14)18/h3-6,11-12H,2,7-10H2,1H3,(H2,20,21,22,23). The third kappa shape index (κ3) is 4.56. The lowest BCUT2D eigenvalue weighted by Crippen LogP contribution is -2.42. The summed E-state index contributed by atoms with van der Waals surface area (Å²) >= 11 is 0. The summed E-state index contributed by atoms with van der Waals surface area (Å²) in [6.07, 6.45) is 2.80. The molecule has 9 heteroatoms. The summed E-state index contributed by atoms with van der Waals surface area (Å²) in [4.78, 5) is 17.7. The number of ether oxygens (including phenoxy) is 1. The Hall–Kier alpha value is -2.97. The molecule has 0 aliphatic carbocycles. The fourth-order valence-corrected chi connectivity index (χ4v) is 2.74. The first kappa shape index (κ1) is 17.8. The molecule has 1 aromatic carbocycles. The Morgan fingerprint density at radius 3 is 2.85 bits per heavy atom. The predicted molar refractivity (Wildman–Crippen MR) is 94.7 cm³/mol. The summed E-state index contributed by atoms with van der Waals surface area (Å²) in [5, 5.41) is 13.9. The number of nitrogens with one attached hydrogen (secondary N) is 2. The van der Waals surface area contributed by atoms with Gasteiger partial charge in [-0.25, -0.2) is 9.18 Å². The van der Waals surface area contributed by atoms with Gasteiger partial charge in [0.15, 0.2) is 5.82 Å². The number of carbonyl (C=O) groups excluding carboxylic acids is 1. The van der Waals surface area contributed by atoms with Crippen LogP contribution < -0.4 is 10.6 Å². The van der Waals surface area contributed by atoms with Crippen molar-refractivity contribution in [1.82, 2.24) is 20.1 Å². The van der Waals surface area contributed by atoms with Crippen molar-refractivity contribution >= 4 is 23.5 Å². The van der Waals surface area contributed by atoms with Gasteiger partial charge in [0, 0.05) is 19.1 Å². The summed E-state index contributed by atoms with van der Waals surface area (Å²) < 4.78 is 18.7. The number of hydrogen-bond acceptors (Lipinski definition) is 7. The Labute approximate surface area is 150 Å². The number of hydrogen-bond donors (Lipinski definition) is 2. The van der Waals surface area contributed by atoms with E-state index >= 15 is 0 Å². The van der Waals surface area contributed by atoms with Crippen molar-refractivity contribution in [2.75, 3.05) is 30.3 Å². The number of carbonyl (C=O) groups is 1. The van der Waals surface area contributed by atoms with Crippen molar-refractivity contribution in [1.29, 1.82) is 0 Å². The van der Waals surface area contributed by atoms with Crippen LogP contribution in [0, 0.1) is 5.82 Å². The van der Waals surface area contributed by atoms with E-state index in [1.165, 1.54) is 12.3 Å². The maximum Gasteiger partial charge on any atom is 0.409 e. The third-order valence-electron chi connectivity index (χ3n) is 4.05. The monoisotopic (exact) mass is 360 g/mol. The topological polar surface area (TPSA) is 92.3 Å². The smallest absolute Gasteiger partial charge is 0.409 e. The minimum atomic E-state index is -0.388. The highest BCUT2D eigenvalue weighted by Crippen LogP contribution is 2.19. The fourth-order valence-electron chi connectivity index (χ4n) is 2.74. The lowest BCUT2D eigenvalue weighted by atomic mass is 10.1. The first-order valence-corrected chi connectivity index (χ1v) is 8.55. The van der Waals surface area contributed by atoms with Crippen LogP contribution in [0.1, 0.15) is 19.8 Å². The Morgan fingerprint density at radius 2 is 2.12 bits per heavy atom. The van der Waals surface area contributed by atoms with Gasteiger partial charge in [-0.15, -0.1) is 5.10 Å². The summed E-state index contributed by atoms with van der Waals surface area (Å²) in [7, 11) is 0. The van der Waals surface area contributed by atoms with Crippen LogP contribution in [0.15, 0.2) is 30.5 Å². The second kappa shape index (κ2) is 8.41. The van der Waals surface area contributed by atoms with Gasteiger partial charge in [-0.05, 0) is 31.9 Å². The van der Waals surface area contributed by atoms with E-state index in [-0.39, 0.29) is 29.6 Å². The number of piperidine rings is 1. The van der Waals surface area contributed by atoms with Gasteiger partial charge >= 0.3 is 6.09 Å². The summed E-state index contributed by atoms with van der Waals surface area (Å²) in [6, 6.07) is 6.45. The number of benzene rings is 1. The molecule has 0 radical (unpaired) electrons. The van der Waals surface area contributed by atoms with Crippen LogP contribution in [0.3, 0.4) is 0 Å². The van der Waals surface area contributed by atoms with Gasteiger partial charge in [0.25, 0.3) is 0 Å². The molecule has 138 valence electrons. The molecule has 1 amide bonds. The second-order valence-electron chi connectivity index (χ2n) is 5.87. The molecule has 2 heterocycles. The molecule has 3 rings (SSSR count). The van der Waals surface area contributed by atoms with Crippen LogP contribution in [0.5, 0.6) is 0 Å². The maximum atomic E-state index is 13.7. The van der Waals surface area contributed by atoms with Gasteiger partial charge in [0.05, 0.1) is 18.5 Å². The lowest BCUT2D eigenvalue weighted by molar-refractivity contribution is 0.0983. The van der Waals surface area contributed by atoms with E-state index in [9.17, 15) is 9.18 Å². The lowest BCUT2D eigenvalue weighted by Gasteiger charge is -2.31. The summed E-state index contributed by atoms with van der Waals surface area (Å²) in [6.45, 7) is 3.41. The number of nitrogens with zero attached hydrogens (tertiary/aromatic N) is 4. The van der Waals surface area contributed by atoms with E-state index in [1.54, 1.807) is 30.0 Å². The number of aromatic nitrogens is 3. The average molecular weight is 360 g/mol. The molecule has 2 aromatic rings. The highest BCUT2D eigenvalue weighted by atomic mass is 19.1. The number of rotatable bonds is 5. The van der Waals surface area contributed by atoms with Crippen LogP contribution in [0.4, 0.5) is 26.6 Å². The molecule has 2 N–H and O–H groups in total. The van der Waals surface area contributed by atoms with E-state index in [2.05, 4.69) is 25.8 Å². The molecule has 0 atom stereocenters. The van der Waals surface area contributed by atoms with Crippen molar-refractivity contribution < 1.29 is 13.9 Å². The van der Waals surface area contributed by atoms with Gasteiger partial charge in [-0.3, -0.25) is 0 Å². The normalized spacial score (nSPS) is 14.8. The molecule has 8 nitrogen and oxygen atoms in total. The van der Waals surface area contributed by atoms with Gasteiger partial charge in [0.2, 0.25) is 5.95 Å². The molecule has 0 unspecified atom stereocenters. The Morgan fingerprint density at radius 1 is 1.35 bits per heavy atom. The SMILES string of the molecule is CCOC(=O)N1CCC(Nc2cnnc(Nc3ccccc3F)n2)CC1. The van der Waals surface area contributed by atoms with E-state index in [4.69, 9.17) is 4.74 Å². The highest BCUT2D eigenvalue weighted by Gasteiger charge is 2.23. The van der Waals surface area contributed by atoms with E-state index in [0.717, 1.165) is 12.8 Å². The molecular formula is C17H21FN6O2. The quantitative estimate of drug-likeness (QED) is 0.847. The summed E-state index contributed by atoms with van der Waals surface area (Å²) in [5.41, 5.74) is 0.286. The Kier molecular flexibility index (Phi) is 5.77. The maximum absolute atomic E-state index is 13.7. The van der Waals surface area contributed by atoms with Crippen molar-refractivity contribution in [2.45, 2.75) is 25.8 Å². The zero-order chi connectivity index (χ0) is 18.4. The van der Waals surface area contributed by atoms with Gasteiger partial charge in [0.1, 0.15) is 5.82 Å². The van der Waals surface area contributed by atoms with Crippen LogP contribution in [-0.2, 0) is 4.74 Å². The molecule has 0 saturated carbocycles. The molecule has 1 aliphatic heterocycles. The molecule has 0 bridgehead atoms. The fraction of sp³-hybridized carbons (Fsp3) is 0.412. The first-order chi connectivity index (χ1) is 12.7. The number of amides is 1. The molecule has 1 saturated heterocycles. The Balaban J connectivity index is 1.56. The van der Waals surface area contributed by atoms with Crippen molar-refractivity contribution in [3.63, 3.8) is 0 Å². The zero-order valence-electron chi connectivity index (χ0n) is 14.5. The van der Waals surface area contributed by atoms with Crippen LogP contribution in [0.2, 0.25) is 0 Å². The van der Waals surface area contributed by atoms with Crippen molar-refractivity contribution in [2.24, 2.45) is 0 Å². The first-order valence-electron chi connectivity index (χ1n) is 8.55. The molecule has 26 heavy (non-hydrogen) atoms. The second-order valence-corrected chi connectivity index (χ2v) is 5.87. The highest BCUT2D eigenvalue weighted by molar-refractivity contribution is 5.67. The van der Waals surface area contributed by atoms with E-state index < -0.39 is 0 Å². The van der Waals surface area contributed by atoms with Crippen molar-refractivity contribution in [3.8, 4) is 0 Å².